The summed E-state index contributed by atoms with van der Waals surface area (Å²) < 4.78 is 18.0. The summed E-state index contributed by atoms with van der Waals surface area (Å²) in [5.74, 6) is 2.10. The second-order valence-corrected chi connectivity index (χ2v) is 8.11. The quantitative estimate of drug-likeness (QED) is 0.500. The first-order valence-electron chi connectivity index (χ1n) is 8.18. The van der Waals surface area contributed by atoms with Crippen molar-refractivity contribution in [2.24, 2.45) is 0 Å². The van der Waals surface area contributed by atoms with Crippen molar-refractivity contribution < 1.29 is 9.29 Å². The van der Waals surface area contributed by atoms with Gasteiger partial charge in [-0.2, -0.15) is 4.98 Å². The van der Waals surface area contributed by atoms with E-state index in [1.165, 1.54) is 10.5 Å². The summed E-state index contributed by atoms with van der Waals surface area (Å²) in [4.78, 5) is 13.3. The van der Waals surface area contributed by atoms with Gasteiger partial charge >= 0.3 is 5.16 Å². The maximum atomic E-state index is 12.8. The highest BCUT2D eigenvalue weighted by molar-refractivity contribution is 7.99. The Hall–Kier alpha value is -1.70. The Morgan fingerprint density at radius 2 is 2.12 bits per heavy atom. The SMILES string of the molecule is CCSc1ccnc(C[S+]([O-])c2nc3cc(OC)ccc3[nH]2)c1CC. The van der Waals surface area contributed by atoms with Gasteiger partial charge in [0.05, 0.1) is 23.8 Å². The Kier molecular flexibility index (Phi) is 5.88. The van der Waals surface area contributed by atoms with Gasteiger partial charge in [-0.3, -0.25) is 9.97 Å². The second kappa shape index (κ2) is 8.12. The molecule has 2 heterocycles. The van der Waals surface area contributed by atoms with Crippen molar-refractivity contribution in [3.05, 3.63) is 41.7 Å². The fourth-order valence-electron chi connectivity index (χ4n) is 2.70. The zero-order chi connectivity index (χ0) is 17.8. The summed E-state index contributed by atoms with van der Waals surface area (Å²) >= 11 is 0.516. The number of nitrogens with one attached hydrogen (secondary N) is 1. The van der Waals surface area contributed by atoms with E-state index >= 15 is 0 Å². The van der Waals surface area contributed by atoms with Gasteiger partial charge in [0.25, 0.3) is 0 Å². The van der Waals surface area contributed by atoms with Crippen LogP contribution in [-0.2, 0) is 23.3 Å². The van der Waals surface area contributed by atoms with E-state index in [0.717, 1.165) is 34.7 Å². The van der Waals surface area contributed by atoms with Gasteiger partial charge in [-0.1, -0.05) is 13.8 Å². The number of fused-ring (bicyclic) bond motifs is 1. The van der Waals surface area contributed by atoms with E-state index in [-0.39, 0.29) is 0 Å². The average molecular weight is 376 g/mol. The van der Waals surface area contributed by atoms with Crippen LogP contribution in [0.1, 0.15) is 25.1 Å². The first kappa shape index (κ1) is 18.1. The van der Waals surface area contributed by atoms with Crippen LogP contribution in [-0.4, -0.2) is 32.4 Å². The first-order valence-corrected chi connectivity index (χ1v) is 10.5. The Morgan fingerprint density at radius 3 is 2.84 bits per heavy atom. The van der Waals surface area contributed by atoms with Crippen molar-refractivity contribution >= 4 is 34.0 Å². The molecule has 0 bridgehead atoms. The van der Waals surface area contributed by atoms with E-state index in [2.05, 4.69) is 28.8 Å². The number of hydrogen-bond donors (Lipinski definition) is 1. The summed E-state index contributed by atoms with van der Waals surface area (Å²) in [6, 6.07) is 7.61. The highest BCUT2D eigenvalue weighted by Crippen LogP contribution is 2.27. The molecule has 2 aromatic heterocycles. The van der Waals surface area contributed by atoms with Crippen molar-refractivity contribution in [1.29, 1.82) is 0 Å². The molecule has 5 nitrogen and oxygen atoms in total. The van der Waals surface area contributed by atoms with Gasteiger partial charge in [0.2, 0.25) is 0 Å². The highest BCUT2D eigenvalue weighted by Gasteiger charge is 2.21. The van der Waals surface area contributed by atoms with Gasteiger partial charge in [-0.15, -0.1) is 11.8 Å². The molecule has 3 rings (SSSR count). The summed E-state index contributed by atoms with van der Waals surface area (Å²) in [6.07, 6.45) is 2.67. The molecular formula is C18H21N3O2S2. The third-order valence-electron chi connectivity index (χ3n) is 3.91. The summed E-state index contributed by atoms with van der Waals surface area (Å²) in [6.45, 7) is 4.24. The highest BCUT2D eigenvalue weighted by atomic mass is 32.2. The minimum atomic E-state index is -1.28. The molecule has 132 valence electrons. The lowest BCUT2D eigenvalue weighted by Crippen LogP contribution is -2.11. The minimum Gasteiger partial charge on any atom is -0.609 e. The fourth-order valence-corrected chi connectivity index (χ4v) is 4.66. The molecule has 0 saturated carbocycles. The Morgan fingerprint density at radius 1 is 1.28 bits per heavy atom. The van der Waals surface area contributed by atoms with Crippen LogP contribution in [0.25, 0.3) is 11.0 Å². The predicted octanol–water partition coefficient (Wildman–Crippen LogP) is 3.95. The van der Waals surface area contributed by atoms with E-state index in [0.29, 0.717) is 10.9 Å². The van der Waals surface area contributed by atoms with Crippen LogP contribution in [0.3, 0.4) is 0 Å². The molecule has 0 saturated heterocycles. The number of methoxy groups -OCH3 is 1. The molecule has 7 heteroatoms. The Labute approximate surface area is 154 Å². The Balaban J connectivity index is 1.87. The third kappa shape index (κ3) is 3.94. The maximum absolute atomic E-state index is 12.8. The number of hydrogen-bond acceptors (Lipinski definition) is 5. The van der Waals surface area contributed by atoms with Crippen LogP contribution in [0.2, 0.25) is 0 Å². The largest absolute Gasteiger partial charge is 0.609 e. The molecule has 1 aromatic carbocycles. The molecule has 0 radical (unpaired) electrons. The van der Waals surface area contributed by atoms with Crippen molar-refractivity contribution in [2.45, 2.75) is 36.1 Å². The third-order valence-corrected chi connectivity index (χ3v) is 6.05. The lowest BCUT2D eigenvalue weighted by molar-refractivity contribution is 0.415. The van der Waals surface area contributed by atoms with E-state index in [1.54, 1.807) is 25.1 Å². The van der Waals surface area contributed by atoms with Gasteiger partial charge < -0.3 is 9.29 Å². The molecule has 0 fully saturated rings. The molecule has 0 aliphatic carbocycles. The molecule has 1 unspecified atom stereocenters. The first-order chi connectivity index (χ1) is 12.2. The number of pyridine rings is 1. The number of aromatic nitrogens is 3. The maximum Gasteiger partial charge on any atom is 0.322 e. The fraction of sp³-hybridized carbons (Fsp3) is 0.333. The van der Waals surface area contributed by atoms with Crippen LogP contribution < -0.4 is 4.74 Å². The molecular weight excluding hydrogens is 354 g/mol. The van der Waals surface area contributed by atoms with E-state index in [4.69, 9.17) is 4.74 Å². The van der Waals surface area contributed by atoms with Crippen LogP contribution in [0.15, 0.2) is 40.5 Å². The smallest absolute Gasteiger partial charge is 0.322 e. The van der Waals surface area contributed by atoms with Crippen molar-refractivity contribution in [1.82, 2.24) is 15.0 Å². The van der Waals surface area contributed by atoms with Gasteiger partial charge in [-0.25, -0.2) is 0 Å². The number of aromatic amines is 1. The zero-order valence-electron chi connectivity index (χ0n) is 14.5. The van der Waals surface area contributed by atoms with Gasteiger partial charge in [0, 0.05) is 28.3 Å². The summed E-state index contributed by atoms with van der Waals surface area (Å²) in [7, 11) is 1.62. The molecule has 25 heavy (non-hydrogen) atoms. The molecule has 0 aliphatic heterocycles. The summed E-state index contributed by atoms with van der Waals surface area (Å²) in [5, 5.41) is 0.473. The molecule has 1 N–H and O–H groups in total. The van der Waals surface area contributed by atoms with Crippen LogP contribution in [0, 0.1) is 0 Å². The number of benzene rings is 1. The van der Waals surface area contributed by atoms with Crippen LogP contribution in [0.5, 0.6) is 5.75 Å². The lowest BCUT2D eigenvalue weighted by Gasteiger charge is -2.12. The van der Waals surface area contributed by atoms with Crippen molar-refractivity contribution in [3.8, 4) is 5.75 Å². The zero-order valence-corrected chi connectivity index (χ0v) is 16.2. The van der Waals surface area contributed by atoms with Crippen molar-refractivity contribution in [2.75, 3.05) is 12.9 Å². The minimum absolute atomic E-state index is 0.359. The van der Waals surface area contributed by atoms with Crippen molar-refractivity contribution in [3.63, 3.8) is 0 Å². The second-order valence-electron chi connectivity index (χ2n) is 5.44. The van der Waals surface area contributed by atoms with Crippen LogP contribution >= 0.6 is 11.8 Å². The Bertz CT molecular complexity index is 867. The topological polar surface area (TPSA) is 73.9 Å². The number of thioether (sulfide) groups is 1. The molecule has 3 aromatic rings. The molecule has 0 aliphatic rings. The van der Waals surface area contributed by atoms with Crippen LogP contribution in [0.4, 0.5) is 0 Å². The number of imidazole rings is 1. The van der Waals surface area contributed by atoms with Gasteiger partial charge in [0.15, 0.2) is 5.75 Å². The van der Waals surface area contributed by atoms with Gasteiger partial charge in [0.1, 0.15) is 5.75 Å². The standard InChI is InChI=1S/C18H21N3O2S2/c1-4-13-16(19-9-8-17(13)24-5-2)11-25(22)18-20-14-7-6-12(23-3)10-15(14)21-18/h6-10H,4-5,11H2,1-3H3,(H,20,21). The predicted molar refractivity (Wildman–Crippen MR) is 103 cm³/mol. The monoisotopic (exact) mass is 375 g/mol. The number of H-pyrrole nitrogens is 1. The van der Waals surface area contributed by atoms with E-state index in [1.807, 2.05) is 24.3 Å². The normalized spacial score (nSPS) is 12.5. The van der Waals surface area contributed by atoms with E-state index < -0.39 is 11.2 Å². The molecule has 1 atom stereocenters. The van der Waals surface area contributed by atoms with Gasteiger partial charge in [-0.05, 0) is 35.9 Å². The average Bonchev–Trinajstić information content (AvgIpc) is 3.05. The summed E-state index contributed by atoms with van der Waals surface area (Å²) in [5.41, 5.74) is 3.67. The molecule has 0 spiro atoms. The number of rotatable bonds is 7. The number of nitrogens with zero attached hydrogens (tertiary/aromatic N) is 2. The number of ether oxygens (including phenoxy) is 1. The molecule has 0 amide bonds. The van der Waals surface area contributed by atoms with E-state index in [9.17, 15) is 4.55 Å². The lowest BCUT2D eigenvalue weighted by atomic mass is 10.1.